The number of carbonyl (C=O) groups is 1. The molecule has 0 aliphatic carbocycles. The molecule has 21 heavy (non-hydrogen) atoms. The van der Waals surface area contributed by atoms with Gasteiger partial charge in [-0.3, -0.25) is 4.72 Å². The van der Waals surface area contributed by atoms with E-state index < -0.39 is 16.2 Å². The third-order valence-electron chi connectivity index (χ3n) is 2.49. The minimum absolute atomic E-state index is 0.251. The lowest BCUT2D eigenvalue weighted by Gasteiger charge is -2.08. The second-order valence-corrected chi connectivity index (χ2v) is 6.48. The first kappa shape index (κ1) is 15.3. The van der Waals surface area contributed by atoms with E-state index in [4.69, 9.17) is 10.2 Å². The van der Waals surface area contributed by atoms with Crippen LogP contribution < -0.4 is 15.2 Å². The summed E-state index contributed by atoms with van der Waals surface area (Å²) in [6, 6.07) is 8.19. The van der Waals surface area contributed by atoms with Crippen molar-refractivity contribution >= 4 is 38.9 Å². The largest absolute Gasteiger partial charge is 0.478 e. The van der Waals surface area contributed by atoms with Gasteiger partial charge in [-0.05, 0) is 24.3 Å². The molecule has 0 fully saturated rings. The molecule has 1 aromatic carbocycles. The van der Waals surface area contributed by atoms with Crippen LogP contribution in [0.15, 0.2) is 35.7 Å². The molecule has 0 aliphatic heterocycles. The van der Waals surface area contributed by atoms with E-state index in [1.165, 1.54) is 11.3 Å². The molecule has 9 heteroatoms. The first-order chi connectivity index (χ1) is 9.83. The Bertz CT molecular complexity index is 755. The van der Waals surface area contributed by atoms with Crippen molar-refractivity contribution in [2.24, 2.45) is 5.14 Å². The van der Waals surface area contributed by atoms with Crippen molar-refractivity contribution in [2.45, 2.75) is 6.54 Å². The molecular formula is C12H13N3O4S2. The molecule has 112 valence electrons. The summed E-state index contributed by atoms with van der Waals surface area (Å²) in [6.07, 6.45) is 0. The van der Waals surface area contributed by atoms with Gasteiger partial charge in [-0.1, -0.05) is 6.07 Å². The Hall–Kier alpha value is -2.10. The van der Waals surface area contributed by atoms with Gasteiger partial charge in [-0.15, -0.1) is 11.3 Å². The van der Waals surface area contributed by atoms with Gasteiger partial charge in [0.05, 0.1) is 11.3 Å². The van der Waals surface area contributed by atoms with E-state index in [0.717, 1.165) is 4.88 Å². The number of rotatable bonds is 6. The first-order valence-electron chi connectivity index (χ1n) is 5.79. The summed E-state index contributed by atoms with van der Waals surface area (Å²) in [5.74, 6) is -0.961. The highest BCUT2D eigenvalue weighted by atomic mass is 32.2. The number of nitrogens with one attached hydrogen (secondary N) is 2. The number of carboxylic acids is 1. The molecule has 1 aromatic heterocycles. The van der Waals surface area contributed by atoms with Crippen LogP contribution in [0, 0.1) is 0 Å². The van der Waals surface area contributed by atoms with E-state index in [1.807, 2.05) is 0 Å². The minimum atomic E-state index is -3.81. The van der Waals surface area contributed by atoms with E-state index in [0.29, 0.717) is 17.9 Å². The van der Waals surface area contributed by atoms with Gasteiger partial charge in [0.25, 0.3) is 10.2 Å². The van der Waals surface area contributed by atoms with Crippen LogP contribution in [0.3, 0.4) is 0 Å². The lowest BCUT2D eigenvalue weighted by atomic mass is 10.2. The second-order valence-electron chi connectivity index (χ2n) is 4.19. The number of thiophene rings is 1. The standard InChI is InChI=1S/C12H13N3O4S2/c13-21(18,19)15-10-3-1-2-9(5-10)14-6-11-4-8(7-20-11)12(16)17/h1-5,7,14-15H,6H2,(H,16,17)(H2,13,18,19). The van der Waals surface area contributed by atoms with Gasteiger partial charge in [0, 0.05) is 22.5 Å². The first-order valence-corrected chi connectivity index (χ1v) is 8.21. The monoisotopic (exact) mass is 327 g/mol. The van der Waals surface area contributed by atoms with Gasteiger partial charge >= 0.3 is 5.97 Å². The maximum absolute atomic E-state index is 11.0. The summed E-state index contributed by atoms with van der Waals surface area (Å²) in [7, 11) is -3.81. The SMILES string of the molecule is NS(=O)(=O)Nc1cccc(NCc2cc(C(=O)O)cs2)c1. The van der Waals surface area contributed by atoms with Crippen LogP contribution >= 0.6 is 11.3 Å². The zero-order valence-corrected chi connectivity index (χ0v) is 12.4. The summed E-state index contributed by atoms with van der Waals surface area (Å²) in [5.41, 5.74) is 1.29. The summed E-state index contributed by atoms with van der Waals surface area (Å²) >= 11 is 1.34. The van der Waals surface area contributed by atoms with E-state index in [9.17, 15) is 13.2 Å². The van der Waals surface area contributed by atoms with Crippen LogP contribution in [0.4, 0.5) is 11.4 Å². The van der Waals surface area contributed by atoms with E-state index in [2.05, 4.69) is 10.0 Å². The van der Waals surface area contributed by atoms with Crippen LogP contribution in [0.5, 0.6) is 0 Å². The van der Waals surface area contributed by atoms with Crippen LogP contribution in [0.2, 0.25) is 0 Å². The maximum Gasteiger partial charge on any atom is 0.336 e. The number of benzene rings is 1. The molecule has 2 rings (SSSR count). The zero-order chi connectivity index (χ0) is 15.5. The van der Waals surface area contributed by atoms with Crippen LogP contribution in [-0.4, -0.2) is 19.5 Å². The Balaban J connectivity index is 2.02. The molecule has 2 aromatic rings. The Morgan fingerprint density at radius 3 is 2.62 bits per heavy atom. The quantitative estimate of drug-likeness (QED) is 0.643. The van der Waals surface area contributed by atoms with Crippen molar-refractivity contribution in [1.82, 2.24) is 0 Å². The van der Waals surface area contributed by atoms with Crippen LogP contribution in [0.25, 0.3) is 0 Å². The van der Waals surface area contributed by atoms with Crippen LogP contribution in [-0.2, 0) is 16.8 Å². The van der Waals surface area contributed by atoms with E-state index >= 15 is 0 Å². The molecule has 0 aliphatic rings. The second kappa shape index (κ2) is 6.12. The van der Waals surface area contributed by atoms with Gasteiger partial charge in [0.15, 0.2) is 0 Å². The molecule has 0 spiro atoms. The highest BCUT2D eigenvalue weighted by molar-refractivity contribution is 7.90. The third-order valence-corrected chi connectivity index (χ3v) is 3.95. The Labute approximate surface area is 125 Å². The molecule has 0 saturated carbocycles. The van der Waals surface area contributed by atoms with Crippen LogP contribution in [0.1, 0.15) is 15.2 Å². The van der Waals surface area contributed by atoms with Crippen molar-refractivity contribution in [3.8, 4) is 0 Å². The van der Waals surface area contributed by atoms with Gasteiger partial charge in [-0.2, -0.15) is 8.42 Å². The fourth-order valence-electron chi connectivity index (χ4n) is 1.63. The maximum atomic E-state index is 11.0. The average Bonchev–Trinajstić information content (AvgIpc) is 2.83. The Morgan fingerprint density at radius 1 is 1.29 bits per heavy atom. The van der Waals surface area contributed by atoms with E-state index in [-0.39, 0.29) is 5.56 Å². The Kier molecular flexibility index (Phi) is 4.46. The summed E-state index contributed by atoms with van der Waals surface area (Å²) in [5, 5.41) is 18.4. The lowest BCUT2D eigenvalue weighted by Crippen LogP contribution is -2.21. The lowest BCUT2D eigenvalue weighted by molar-refractivity contribution is 0.0697. The fourth-order valence-corrected chi connectivity index (χ4v) is 2.88. The minimum Gasteiger partial charge on any atom is -0.478 e. The molecule has 1 heterocycles. The van der Waals surface area contributed by atoms with E-state index in [1.54, 1.807) is 35.7 Å². The fraction of sp³-hybridized carbons (Fsp3) is 0.0833. The van der Waals surface area contributed by atoms with Gasteiger partial charge in [-0.25, -0.2) is 9.93 Å². The predicted octanol–water partition coefficient (Wildman–Crippen LogP) is 1.67. The van der Waals surface area contributed by atoms with Gasteiger partial charge < -0.3 is 10.4 Å². The molecule has 0 amide bonds. The summed E-state index contributed by atoms with van der Waals surface area (Å²) < 4.78 is 24.1. The van der Waals surface area contributed by atoms with Crippen molar-refractivity contribution < 1.29 is 18.3 Å². The summed E-state index contributed by atoms with van der Waals surface area (Å²) in [6.45, 7) is 0.441. The highest BCUT2D eigenvalue weighted by Gasteiger charge is 2.07. The third kappa shape index (κ3) is 4.74. The number of carboxylic acid groups (broad SMARTS) is 1. The van der Waals surface area contributed by atoms with Crippen molar-refractivity contribution in [1.29, 1.82) is 0 Å². The number of nitrogens with two attached hydrogens (primary N) is 1. The molecule has 0 saturated heterocycles. The number of hydrogen-bond donors (Lipinski definition) is 4. The topological polar surface area (TPSA) is 122 Å². The number of hydrogen-bond acceptors (Lipinski definition) is 5. The average molecular weight is 327 g/mol. The van der Waals surface area contributed by atoms with Crippen molar-refractivity contribution in [3.63, 3.8) is 0 Å². The molecule has 0 radical (unpaired) electrons. The Morgan fingerprint density at radius 2 is 2.00 bits per heavy atom. The molecule has 7 nitrogen and oxygen atoms in total. The molecule has 0 atom stereocenters. The van der Waals surface area contributed by atoms with Crippen molar-refractivity contribution in [3.05, 3.63) is 46.2 Å². The molecule has 5 N–H and O–H groups in total. The smallest absolute Gasteiger partial charge is 0.336 e. The highest BCUT2D eigenvalue weighted by Crippen LogP contribution is 2.19. The number of aromatic carboxylic acids is 1. The normalized spacial score (nSPS) is 11.1. The van der Waals surface area contributed by atoms with Crippen molar-refractivity contribution in [2.75, 3.05) is 10.0 Å². The van der Waals surface area contributed by atoms with Gasteiger partial charge in [0.2, 0.25) is 0 Å². The zero-order valence-electron chi connectivity index (χ0n) is 10.7. The van der Waals surface area contributed by atoms with Gasteiger partial charge in [0.1, 0.15) is 0 Å². The molecule has 0 unspecified atom stereocenters. The molecular weight excluding hydrogens is 314 g/mol. The summed E-state index contributed by atoms with van der Waals surface area (Å²) in [4.78, 5) is 11.6. The predicted molar refractivity (Wildman–Crippen MR) is 81.8 cm³/mol. The molecule has 0 bridgehead atoms. The number of anilines is 2.